The molecule has 1 heterocycles. The summed E-state index contributed by atoms with van der Waals surface area (Å²) in [5, 5.41) is 10.8. The maximum Gasteiger partial charge on any atom is 0.273 e. The van der Waals surface area contributed by atoms with Crippen molar-refractivity contribution in [2.24, 2.45) is 0 Å². The SMILES string of the molecule is Cc1cc(OC2CCOCC2)c(Br)cc1[N+](=O)[O-]. The Morgan fingerprint density at radius 3 is 2.72 bits per heavy atom. The zero-order chi connectivity index (χ0) is 13.1. The average molecular weight is 316 g/mol. The van der Waals surface area contributed by atoms with Crippen LogP contribution in [0.3, 0.4) is 0 Å². The predicted octanol–water partition coefficient (Wildman–Crippen LogP) is 3.22. The Hall–Kier alpha value is -1.14. The summed E-state index contributed by atoms with van der Waals surface area (Å²) < 4.78 is 11.7. The number of nitrogens with zero attached hydrogens (tertiary/aromatic N) is 1. The predicted molar refractivity (Wildman–Crippen MR) is 70.0 cm³/mol. The number of halogens is 1. The molecule has 2 rings (SSSR count). The van der Waals surface area contributed by atoms with E-state index in [-0.39, 0.29) is 11.8 Å². The number of nitro groups is 1. The van der Waals surface area contributed by atoms with E-state index in [9.17, 15) is 10.1 Å². The number of hydrogen-bond donors (Lipinski definition) is 0. The first kappa shape index (κ1) is 13.3. The average Bonchev–Trinajstić information content (AvgIpc) is 2.34. The van der Waals surface area contributed by atoms with Crippen LogP contribution >= 0.6 is 15.9 Å². The van der Waals surface area contributed by atoms with Gasteiger partial charge in [0.05, 0.1) is 22.6 Å². The highest BCUT2D eigenvalue weighted by atomic mass is 79.9. The van der Waals surface area contributed by atoms with Crippen molar-refractivity contribution in [3.63, 3.8) is 0 Å². The molecule has 0 amide bonds. The Morgan fingerprint density at radius 2 is 2.11 bits per heavy atom. The molecule has 0 N–H and O–H groups in total. The molecule has 6 heteroatoms. The summed E-state index contributed by atoms with van der Waals surface area (Å²) in [5.41, 5.74) is 0.700. The van der Waals surface area contributed by atoms with Crippen molar-refractivity contribution in [3.05, 3.63) is 32.3 Å². The smallest absolute Gasteiger partial charge is 0.273 e. The lowest BCUT2D eigenvalue weighted by molar-refractivity contribution is -0.385. The second-order valence-corrected chi connectivity index (χ2v) is 5.11. The normalized spacial score (nSPS) is 16.6. The van der Waals surface area contributed by atoms with Gasteiger partial charge in [-0.3, -0.25) is 10.1 Å². The first-order chi connectivity index (χ1) is 8.58. The minimum absolute atomic E-state index is 0.0983. The molecule has 1 aromatic rings. The standard InChI is InChI=1S/C12H14BrNO4/c1-8-6-12(10(13)7-11(8)14(15)16)18-9-2-4-17-5-3-9/h6-7,9H,2-5H2,1H3. The van der Waals surface area contributed by atoms with Crippen molar-refractivity contribution in [2.75, 3.05) is 13.2 Å². The number of nitro benzene ring substituents is 1. The molecule has 18 heavy (non-hydrogen) atoms. The number of aryl methyl sites for hydroxylation is 1. The Bertz CT molecular complexity index is 458. The van der Waals surface area contributed by atoms with Gasteiger partial charge in [-0.15, -0.1) is 0 Å². The lowest BCUT2D eigenvalue weighted by atomic mass is 10.1. The van der Waals surface area contributed by atoms with Crippen LogP contribution in [0.25, 0.3) is 0 Å². The fourth-order valence-electron chi connectivity index (χ4n) is 1.90. The fraction of sp³-hybridized carbons (Fsp3) is 0.500. The van der Waals surface area contributed by atoms with E-state index >= 15 is 0 Å². The minimum atomic E-state index is -0.391. The Labute approximate surface area is 113 Å². The van der Waals surface area contributed by atoms with Gasteiger partial charge in [0.2, 0.25) is 0 Å². The second kappa shape index (κ2) is 5.67. The molecule has 0 radical (unpaired) electrons. The van der Waals surface area contributed by atoms with Gasteiger partial charge in [-0.25, -0.2) is 0 Å². The lowest BCUT2D eigenvalue weighted by Gasteiger charge is -2.24. The van der Waals surface area contributed by atoms with Crippen LogP contribution in [-0.4, -0.2) is 24.2 Å². The second-order valence-electron chi connectivity index (χ2n) is 4.26. The van der Waals surface area contributed by atoms with Crippen molar-refractivity contribution in [1.82, 2.24) is 0 Å². The maximum atomic E-state index is 10.8. The van der Waals surface area contributed by atoms with Gasteiger partial charge >= 0.3 is 0 Å². The summed E-state index contributed by atoms with van der Waals surface area (Å²) in [6.45, 7) is 3.11. The molecule has 1 aliphatic rings. The first-order valence-electron chi connectivity index (χ1n) is 5.77. The van der Waals surface area contributed by atoms with Crippen LogP contribution < -0.4 is 4.74 Å². The van der Waals surface area contributed by atoms with Crippen LogP contribution in [0.4, 0.5) is 5.69 Å². The van der Waals surface area contributed by atoms with Gasteiger partial charge in [0, 0.05) is 24.5 Å². The van der Waals surface area contributed by atoms with E-state index in [1.807, 2.05) is 0 Å². The Balaban J connectivity index is 2.18. The molecule has 0 spiro atoms. The molecule has 0 bridgehead atoms. The minimum Gasteiger partial charge on any atom is -0.489 e. The van der Waals surface area contributed by atoms with Gasteiger partial charge in [-0.2, -0.15) is 0 Å². The van der Waals surface area contributed by atoms with Crippen LogP contribution in [-0.2, 0) is 4.74 Å². The first-order valence-corrected chi connectivity index (χ1v) is 6.56. The highest BCUT2D eigenvalue weighted by molar-refractivity contribution is 9.10. The monoisotopic (exact) mass is 315 g/mol. The Morgan fingerprint density at radius 1 is 1.44 bits per heavy atom. The molecule has 1 fully saturated rings. The highest BCUT2D eigenvalue weighted by Gasteiger charge is 2.19. The van der Waals surface area contributed by atoms with Crippen LogP contribution in [0.2, 0.25) is 0 Å². The molecule has 1 aliphatic heterocycles. The molecule has 98 valence electrons. The van der Waals surface area contributed by atoms with Gasteiger partial charge in [0.25, 0.3) is 5.69 Å². The van der Waals surface area contributed by atoms with Crippen molar-refractivity contribution in [1.29, 1.82) is 0 Å². The van der Waals surface area contributed by atoms with Crippen LogP contribution in [0, 0.1) is 17.0 Å². The summed E-state index contributed by atoms with van der Waals surface area (Å²) in [4.78, 5) is 10.4. The number of rotatable bonds is 3. The summed E-state index contributed by atoms with van der Waals surface area (Å²) in [7, 11) is 0. The molecule has 0 unspecified atom stereocenters. The van der Waals surface area contributed by atoms with Crippen LogP contribution in [0.5, 0.6) is 5.75 Å². The third-order valence-corrected chi connectivity index (χ3v) is 3.53. The van der Waals surface area contributed by atoms with E-state index in [0.717, 1.165) is 12.8 Å². The van der Waals surface area contributed by atoms with Gasteiger partial charge < -0.3 is 9.47 Å². The van der Waals surface area contributed by atoms with Crippen molar-refractivity contribution >= 4 is 21.6 Å². The van der Waals surface area contributed by atoms with E-state index < -0.39 is 4.92 Å². The van der Waals surface area contributed by atoms with Gasteiger partial charge in [-0.1, -0.05) is 0 Å². The number of ether oxygens (including phenoxy) is 2. The van der Waals surface area contributed by atoms with Gasteiger partial charge in [0.15, 0.2) is 0 Å². The van der Waals surface area contributed by atoms with E-state index in [4.69, 9.17) is 9.47 Å². The molecule has 1 saturated heterocycles. The third kappa shape index (κ3) is 3.00. The number of benzene rings is 1. The van der Waals surface area contributed by atoms with Crippen LogP contribution in [0.15, 0.2) is 16.6 Å². The van der Waals surface area contributed by atoms with E-state index in [1.54, 1.807) is 13.0 Å². The molecule has 0 atom stereocenters. The molecule has 5 nitrogen and oxygen atoms in total. The van der Waals surface area contributed by atoms with E-state index in [0.29, 0.717) is 29.0 Å². The molecular formula is C12H14BrNO4. The van der Waals surface area contributed by atoms with Gasteiger partial charge in [0.1, 0.15) is 11.9 Å². The largest absolute Gasteiger partial charge is 0.489 e. The fourth-order valence-corrected chi connectivity index (χ4v) is 2.33. The molecule has 0 saturated carbocycles. The number of hydrogen-bond acceptors (Lipinski definition) is 4. The zero-order valence-corrected chi connectivity index (χ0v) is 11.6. The molecule has 0 aromatic heterocycles. The van der Waals surface area contributed by atoms with Crippen molar-refractivity contribution in [2.45, 2.75) is 25.9 Å². The third-order valence-electron chi connectivity index (χ3n) is 2.91. The summed E-state index contributed by atoms with van der Waals surface area (Å²) in [5.74, 6) is 0.657. The van der Waals surface area contributed by atoms with Crippen molar-refractivity contribution in [3.8, 4) is 5.75 Å². The van der Waals surface area contributed by atoms with E-state index in [2.05, 4.69) is 15.9 Å². The topological polar surface area (TPSA) is 61.6 Å². The lowest BCUT2D eigenvalue weighted by Crippen LogP contribution is -2.26. The quantitative estimate of drug-likeness (QED) is 0.634. The zero-order valence-electron chi connectivity index (χ0n) is 10.0. The summed E-state index contributed by atoms with van der Waals surface area (Å²) in [6.07, 6.45) is 1.82. The highest BCUT2D eigenvalue weighted by Crippen LogP contribution is 2.33. The molecule has 1 aromatic carbocycles. The molecule has 0 aliphatic carbocycles. The summed E-state index contributed by atoms with van der Waals surface area (Å²) >= 11 is 3.32. The summed E-state index contributed by atoms with van der Waals surface area (Å²) in [6, 6.07) is 3.20. The van der Waals surface area contributed by atoms with Crippen molar-refractivity contribution < 1.29 is 14.4 Å². The van der Waals surface area contributed by atoms with Gasteiger partial charge in [-0.05, 0) is 28.9 Å². The Kier molecular flexibility index (Phi) is 4.19. The maximum absolute atomic E-state index is 10.8. The van der Waals surface area contributed by atoms with Crippen LogP contribution in [0.1, 0.15) is 18.4 Å². The molecular weight excluding hydrogens is 302 g/mol. The van der Waals surface area contributed by atoms with E-state index in [1.165, 1.54) is 6.07 Å².